The maximum atomic E-state index is 13.1. The van der Waals surface area contributed by atoms with Gasteiger partial charge in [0.05, 0.1) is 17.4 Å². The predicted molar refractivity (Wildman–Crippen MR) is 124 cm³/mol. The van der Waals surface area contributed by atoms with Crippen LogP contribution in [0.1, 0.15) is 43.9 Å². The summed E-state index contributed by atoms with van der Waals surface area (Å²) in [4.78, 5) is 51.6. The van der Waals surface area contributed by atoms with Crippen molar-refractivity contribution in [2.24, 2.45) is 0 Å². The maximum absolute atomic E-state index is 13.1. The number of carbonyl (C=O) groups is 4. The number of hydrogen-bond donors (Lipinski definition) is 1. The second-order valence-corrected chi connectivity index (χ2v) is 8.22. The zero-order chi connectivity index (χ0) is 23.7. The maximum Gasteiger partial charge on any atom is 0.338 e. The van der Waals surface area contributed by atoms with Crippen molar-refractivity contribution >= 4 is 40.2 Å². The van der Waals surface area contributed by atoms with Crippen molar-refractivity contribution < 1.29 is 28.7 Å². The van der Waals surface area contributed by atoms with E-state index in [1.807, 2.05) is 12.1 Å². The van der Waals surface area contributed by atoms with Crippen molar-refractivity contribution in [2.45, 2.75) is 18.9 Å². The fourth-order valence-electron chi connectivity index (χ4n) is 4.31. The third-order valence-corrected chi connectivity index (χ3v) is 6.02. The van der Waals surface area contributed by atoms with Crippen molar-refractivity contribution in [2.75, 3.05) is 24.7 Å². The number of esters is 1. The zero-order valence-corrected chi connectivity index (χ0v) is 18.3. The van der Waals surface area contributed by atoms with Crippen LogP contribution in [0.3, 0.4) is 0 Å². The van der Waals surface area contributed by atoms with E-state index in [0.29, 0.717) is 35.4 Å². The summed E-state index contributed by atoms with van der Waals surface area (Å²) in [5.41, 5.74) is 1.44. The third kappa shape index (κ3) is 4.04. The molecular formula is C26H22N2O6. The number of carbonyl (C=O) groups excluding carboxylic acids is 4. The van der Waals surface area contributed by atoms with E-state index in [2.05, 4.69) is 5.32 Å². The number of anilines is 1. The summed E-state index contributed by atoms with van der Waals surface area (Å²) in [6.45, 7) is 0.680. The molecule has 5 rings (SSSR count). The van der Waals surface area contributed by atoms with Crippen LogP contribution in [0.25, 0.3) is 10.8 Å². The van der Waals surface area contributed by atoms with Crippen LogP contribution < -0.4 is 10.2 Å². The molecule has 1 atom stereocenters. The average Bonchev–Trinajstić information content (AvgIpc) is 3.39. The summed E-state index contributed by atoms with van der Waals surface area (Å²) in [7, 11) is 0. The van der Waals surface area contributed by atoms with E-state index in [4.69, 9.17) is 9.47 Å². The Balaban J connectivity index is 1.26. The molecule has 34 heavy (non-hydrogen) atoms. The van der Waals surface area contributed by atoms with Gasteiger partial charge in [0, 0.05) is 29.7 Å². The molecular weight excluding hydrogens is 436 g/mol. The molecule has 3 aromatic rings. The molecule has 0 radical (unpaired) electrons. The first-order valence-corrected chi connectivity index (χ1v) is 11.1. The minimum atomic E-state index is -0.676. The minimum absolute atomic E-state index is 0.00588. The van der Waals surface area contributed by atoms with E-state index in [-0.39, 0.29) is 11.7 Å². The summed E-state index contributed by atoms with van der Waals surface area (Å²) in [5, 5.41) is 4.16. The number of nitrogens with one attached hydrogen (secondary N) is 1. The van der Waals surface area contributed by atoms with Crippen molar-refractivity contribution in [1.82, 2.24) is 5.32 Å². The van der Waals surface area contributed by atoms with E-state index in [1.165, 1.54) is 24.3 Å². The molecule has 0 spiro atoms. The molecule has 0 aliphatic carbocycles. The van der Waals surface area contributed by atoms with Gasteiger partial charge < -0.3 is 14.8 Å². The van der Waals surface area contributed by atoms with Gasteiger partial charge in [-0.15, -0.1) is 0 Å². The molecule has 3 aromatic carbocycles. The number of nitrogens with zero attached hydrogens (tertiary/aromatic N) is 1. The topological polar surface area (TPSA) is 102 Å². The summed E-state index contributed by atoms with van der Waals surface area (Å²) >= 11 is 0. The van der Waals surface area contributed by atoms with Crippen LogP contribution in [-0.2, 0) is 14.3 Å². The molecule has 0 bridgehead atoms. The zero-order valence-electron chi connectivity index (χ0n) is 18.3. The second kappa shape index (κ2) is 9.07. The SMILES string of the molecule is O=C(COC(=O)c1ccc(N2C(=O)c3cccc4cccc(c34)C2=O)cc1)NC[C@@H]1CCCO1. The van der Waals surface area contributed by atoms with Crippen molar-refractivity contribution in [3.63, 3.8) is 0 Å². The Kier molecular flexibility index (Phi) is 5.81. The van der Waals surface area contributed by atoms with Crippen LogP contribution in [0.15, 0.2) is 60.7 Å². The lowest BCUT2D eigenvalue weighted by molar-refractivity contribution is -0.124. The highest BCUT2D eigenvalue weighted by molar-refractivity contribution is 6.35. The molecule has 172 valence electrons. The van der Waals surface area contributed by atoms with Crippen LogP contribution in [0, 0.1) is 0 Å². The minimum Gasteiger partial charge on any atom is -0.452 e. The van der Waals surface area contributed by atoms with E-state index >= 15 is 0 Å². The summed E-state index contributed by atoms with van der Waals surface area (Å²) in [6, 6.07) is 16.6. The molecule has 2 aliphatic rings. The lowest BCUT2D eigenvalue weighted by Crippen LogP contribution is -2.40. The van der Waals surface area contributed by atoms with Crippen molar-refractivity contribution in [1.29, 1.82) is 0 Å². The van der Waals surface area contributed by atoms with Gasteiger partial charge in [-0.05, 0) is 54.6 Å². The fraction of sp³-hybridized carbons (Fsp3) is 0.231. The molecule has 2 heterocycles. The van der Waals surface area contributed by atoms with Gasteiger partial charge in [0.25, 0.3) is 17.7 Å². The van der Waals surface area contributed by atoms with Crippen LogP contribution in [-0.4, -0.2) is 49.6 Å². The normalized spacial score (nSPS) is 17.2. The van der Waals surface area contributed by atoms with Gasteiger partial charge in [-0.3, -0.25) is 14.4 Å². The molecule has 0 unspecified atom stereocenters. The number of rotatable bonds is 6. The molecule has 1 N–H and O–H groups in total. The summed E-state index contributed by atoms with van der Waals surface area (Å²) in [6.07, 6.45) is 1.88. The van der Waals surface area contributed by atoms with Gasteiger partial charge in [-0.25, -0.2) is 9.69 Å². The highest BCUT2D eigenvalue weighted by atomic mass is 16.5. The monoisotopic (exact) mass is 458 g/mol. The number of ether oxygens (including phenoxy) is 2. The standard InChI is InChI=1S/C26H22N2O6/c29-22(27-14-19-6-3-13-33-19)15-34-26(32)17-9-11-18(12-10-17)28-24(30)20-7-1-4-16-5-2-8-21(23(16)20)25(28)31/h1-2,4-5,7-12,19H,3,6,13-15H2,(H,27,29)/t19-/m0/s1. The molecule has 0 aromatic heterocycles. The van der Waals surface area contributed by atoms with E-state index in [1.54, 1.807) is 24.3 Å². The predicted octanol–water partition coefficient (Wildman–Crippen LogP) is 3.09. The Bertz CT molecular complexity index is 1240. The highest BCUT2D eigenvalue weighted by Gasteiger charge is 2.33. The summed E-state index contributed by atoms with van der Waals surface area (Å²) in [5.74, 6) is -1.93. The Morgan fingerprint density at radius 2 is 1.65 bits per heavy atom. The summed E-state index contributed by atoms with van der Waals surface area (Å²) < 4.78 is 10.5. The Hall–Kier alpha value is -4.04. The second-order valence-electron chi connectivity index (χ2n) is 8.22. The number of imide groups is 1. The highest BCUT2D eigenvalue weighted by Crippen LogP contribution is 2.32. The van der Waals surface area contributed by atoms with Gasteiger partial charge in [-0.1, -0.05) is 24.3 Å². The molecule has 1 saturated heterocycles. The van der Waals surface area contributed by atoms with Crippen LogP contribution in [0.5, 0.6) is 0 Å². The van der Waals surface area contributed by atoms with Gasteiger partial charge in [0.2, 0.25) is 0 Å². The van der Waals surface area contributed by atoms with Gasteiger partial charge in [-0.2, -0.15) is 0 Å². The molecule has 1 fully saturated rings. The average molecular weight is 458 g/mol. The number of hydrogen-bond acceptors (Lipinski definition) is 6. The lowest BCUT2D eigenvalue weighted by Gasteiger charge is -2.27. The molecule has 8 heteroatoms. The molecule has 0 saturated carbocycles. The van der Waals surface area contributed by atoms with Crippen LogP contribution in [0.2, 0.25) is 0 Å². The fourth-order valence-corrected chi connectivity index (χ4v) is 4.31. The van der Waals surface area contributed by atoms with Gasteiger partial charge in [0.1, 0.15) is 0 Å². The number of benzene rings is 3. The Labute approximate surface area is 195 Å². The van der Waals surface area contributed by atoms with Gasteiger partial charge >= 0.3 is 5.97 Å². The lowest BCUT2D eigenvalue weighted by atomic mass is 9.94. The first-order valence-electron chi connectivity index (χ1n) is 11.1. The van der Waals surface area contributed by atoms with E-state index in [0.717, 1.165) is 23.1 Å². The van der Waals surface area contributed by atoms with E-state index in [9.17, 15) is 19.2 Å². The third-order valence-electron chi connectivity index (χ3n) is 6.02. The van der Waals surface area contributed by atoms with Gasteiger partial charge in [0.15, 0.2) is 6.61 Å². The molecule has 3 amide bonds. The quantitative estimate of drug-likeness (QED) is 0.450. The Morgan fingerprint density at radius 1 is 0.971 bits per heavy atom. The first-order chi connectivity index (χ1) is 16.5. The van der Waals surface area contributed by atoms with Crippen LogP contribution in [0.4, 0.5) is 5.69 Å². The van der Waals surface area contributed by atoms with Crippen molar-refractivity contribution in [3.05, 3.63) is 77.4 Å². The molecule has 2 aliphatic heterocycles. The first kappa shape index (κ1) is 21.8. The smallest absolute Gasteiger partial charge is 0.338 e. The Morgan fingerprint density at radius 3 is 2.26 bits per heavy atom. The van der Waals surface area contributed by atoms with E-state index < -0.39 is 30.3 Å². The molecule has 8 nitrogen and oxygen atoms in total. The van der Waals surface area contributed by atoms with Crippen molar-refractivity contribution in [3.8, 4) is 0 Å². The van der Waals surface area contributed by atoms with Crippen LogP contribution >= 0.6 is 0 Å². The largest absolute Gasteiger partial charge is 0.452 e. The number of amides is 3.